The van der Waals surface area contributed by atoms with Crippen LogP contribution < -0.4 is 5.73 Å². The predicted molar refractivity (Wildman–Crippen MR) is 74.9 cm³/mol. The zero-order valence-electron chi connectivity index (χ0n) is 12.0. The van der Waals surface area contributed by atoms with Gasteiger partial charge >= 0.3 is 6.09 Å². The van der Waals surface area contributed by atoms with Gasteiger partial charge in [0, 0.05) is 25.6 Å². The molecule has 1 fully saturated rings. The van der Waals surface area contributed by atoms with E-state index in [9.17, 15) is 13.6 Å². The van der Waals surface area contributed by atoms with E-state index in [2.05, 4.69) is 0 Å². The van der Waals surface area contributed by atoms with E-state index in [0.29, 0.717) is 0 Å². The third kappa shape index (κ3) is 3.69. The van der Waals surface area contributed by atoms with Crippen molar-refractivity contribution in [2.75, 3.05) is 13.1 Å². The first-order valence-corrected chi connectivity index (χ1v) is 6.99. The van der Waals surface area contributed by atoms with Crippen LogP contribution in [0.2, 0.25) is 0 Å². The number of benzene rings is 1. The molecule has 1 saturated heterocycles. The van der Waals surface area contributed by atoms with E-state index in [0.717, 1.165) is 5.56 Å². The first-order chi connectivity index (χ1) is 9.94. The summed E-state index contributed by atoms with van der Waals surface area (Å²) in [5, 5.41) is 0. The van der Waals surface area contributed by atoms with Crippen LogP contribution >= 0.6 is 0 Å². The van der Waals surface area contributed by atoms with Crippen LogP contribution in [0.3, 0.4) is 0 Å². The average molecular weight is 298 g/mol. The molecule has 6 heteroatoms. The molecular formula is C15H20F2N2O2. The number of piperidine rings is 1. The highest BCUT2D eigenvalue weighted by atomic mass is 19.3. The maximum Gasteiger partial charge on any atom is 0.410 e. The summed E-state index contributed by atoms with van der Waals surface area (Å²) in [5.41, 5.74) is 6.25. The van der Waals surface area contributed by atoms with Gasteiger partial charge in [-0.05, 0) is 12.5 Å². The van der Waals surface area contributed by atoms with Crippen LogP contribution in [-0.2, 0) is 11.3 Å². The van der Waals surface area contributed by atoms with Crippen LogP contribution in [0.1, 0.15) is 18.9 Å². The lowest BCUT2D eigenvalue weighted by atomic mass is 9.90. The Morgan fingerprint density at radius 1 is 1.43 bits per heavy atom. The lowest BCUT2D eigenvalue weighted by Crippen LogP contribution is -2.55. The average Bonchev–Trinajstić information content (AvgIpc) is 2.45. The standard InChI is InChI=1S/C15H20F2N2O2/c1-11-7-15(16,17)13(8-18)9-19(11)14(20)21-10-12-5-3-2-4-6-12/h2-6,11,13H,7-10,18H2,1H3. The van der Waals surface area contributed by atoms with Gasteiger partial charge in [0.1, 0.15) is 6.61 Å². The minimum atomic E-state index is -2.83. The van der Waals surface area contributed by atoms with Crippen LogP contribution in [0, 0.1) is 5.92 Å². The SMILES string of the molecule is CC1CC(F)(F)C(CN)CN1C(=O)OCc1ccccc1. The number of halogens is 2. The molecule has 2 rings (SSSR count). The molecule has 4 nitrogen and oxygen atoms in total. The number of hydrogen-bond acceptors (Lipinski definition) is 3. The molecule has 0 aliphatic carbocycles. The molecule has 0 saturated carbocycles. The number of ether oxygens (including phenoxy) is 1. The van der Waals surface area contributed by atoms with Crippen molar-refractivity contribution in [3.63, 3.8) is 0 Å². The largest absolute Gasteiger partial charge is 0.445 e. The highest BCUT2D eigenvalue weighted by Gasteiger charge is 2.47. The fraction of sp³-hybridized carbons (Fsp3) is 0.533. The first kappa shape index (κ1) is 15.7. The molecule has 0 bridgehead atoms. The fourth-order valence-electron chi connectivity index (χ4n) is 2.53. The Hall–Kier alpha value is -1.69. The molecule has 2 atom stereocenters. The highest BCUT2D eigenvalue weighted by Crippen LogP contribution is 2.36. The molecule has 21 heavy (non-hydrogen) atoms. The summed E-state index contributed by atoms with van der Waals surface area (Å²) in [5.74, 6) is -3.84. The number of hydrogen-bond donors (Lipinski definition) is 1. The van der Waals surface area contributed by atoms with Crippen molar-refractivity contribution in [3.8, 4) is 0 Å². The lowest BCUT2D eigenvalue weighted by Gasteiger charge is -2.41. The Morgan fingerprint density at radius 3 is 2.71 bits per heavy atom. The molecule has 1 heterocycles. The first-order valence-electron chi connectivity index (χ1n) is 6.99. The third-order valence-corrected chi connectivity index (χ3v) is 3.84. The molecule has 2 unspecified atom stereocenters. The van der Waals surface area contributed by atoms with Gasteiger partial charge in [-0.15, -0.1) is 0 Å². The highest BCUT2D eigenvalue weighted by molar-refractivity contribution is 5.68. The van der Waals surface area contributed by atoms with E-state index < -0.39 is 24.0 Å². The monoisotopic (exact) mass is 298 g/mol. The second-order valence-electron chi connectivity index (χ2n) is 5.44. The van der Waals surface area contributed by atoms with E-state index in [1.54, 1.807) is 6.92 Å². The van der Waals surface area contributed by atoms with Crippen LogP contribution in [0.15, 0.2) is 30.3 Å². The number of nitrogens with two attached hydrogens (primary N) is 1. The van der Waals surface area contributed by atoms with Crippen molar-refractivity contribution in [1.82, 2.24) is 4.90 Å². The number of carbonyl (C=O) groups is 1. The number of alkyl halides is 2. The number of rotatable bonds is 3. The normalized spacial score (nSPS) is 24.7. The van der Waals surface area contributed by atoms with Crippen LogP contribution in [0.25, 0.3) is 0 Å². The molecule has 1 aliphatic rings. The minimum Gasteiger partial charge on any atom is -0.445 e. The lowest BCUT2D eigenvalue weighted by molar-refractivity contribution is -0.114. The number of amides is 1. The second kappa shape index (κ2) is 6.39. The van der Waals surface area contributed by atoms with Crippen molar-refractivity contribution < 1.29 is 18.3 Å². The van der Waals surface area contributed by atoms with Gasteiger partial charge in [-0.3, -0.25) is 0 Å². The van der Waals surface area contributed by atoms with Crippen LogP contribution in [-0.4, -0.2) is 36.0 Å². The van der Waals surface area contributed by atoms with E-state index in [-0.39, 0.29) is 26.1 Å². The third-order valence-electron chi connectivity index (χ3n) is 3.84. The summed E-state index contributed by atoms with van der Waals surface area (Å²) >= 11 is 0. The van der Waals surface area contributed by atoms with Crippen molar-refractivity contribution >= 4 is 6.09 Å². The maximum absolute atomic E-state index is 13.7. The van der Waals surface area contributed by atoms with Gasteiger partial charge in [-0.1, -0.05) is 30.3 Å². The zero-order chi connectivity index (χ0) is 15.5. The summed E-state index contributed by atoms with van der Waals surface area (Å²) in [6.07, 6.45) is -0.949. The molecule has 1 aromatic rings. The van der Waals surface area contributed by atoms with E-state index in [1.807, 2.05) is 30.3 Å². The fourth-order valence-corrected chi connectivity index (χ4v) is 2.53. The topological polar surface area (TPSA) is 55.6 Å². The predicted octanol–water partition coefficient (Wildman–Crippen LogP) is 2.63. The molecule has 0 radical (unpaired) electrons. The molecule has 1 aliphatic heterocycles. The summed E-state index contributed by atoms with van der Waals surface area (Å²) in [7, 11) is 0. The Labute approximate surface area is 122 Å². The van der Waals surface area contributed by atoms with Gasteiger partial charge in [0.15, 0.2) is 0 Å². The Kier molecular flexibility index (Phi) is 4.77. The number of likely N-dealkylation sites (tertiary alicyclic amines) is 1. The molecule has 1 aromatic carbocycles. The van der Waals surface area contributed by atoms with Crippen LogP contribution in [0.4, 0.5) is 13.6 Å². The molecule has 0 aromatic heterocycles. The number of nitrogens with zero attached hydrogens (tertiary/aromatic N) is 1. The van der Waals surface area contributed by atoms with Gasteiger partial charge in [-0.2, -0.15) is 0 Å². The smallest absolute Gasteiger partial charge is 0.410 e. The summed E-state index contributed by atoms with van der Waals surface area (Å²) < 4.78 is 32.7. The molecule has 0 spiro atoms. The molecule has 1 amide bonds. The van der Waals surface area contributed by atoms with Crippen LogP contribution in [0.5, 0.6) is 0 Å². The van der Waals surface area contributed by atoms with E-state index in [4.69, 9.17) is 10.5 Å². The van der Waals surface area contributed by atoms with Crippen molar-refractivity contribution in [2.45, 2.75) is 31.9 Å². The summed E-state index contributed by atoms with van der Waals surface area (Å²) in [6, 6.07) is 8.67. The van der Waals surface area contributed by atoms with Gasteiger partial charge in [-0.25, -0.2) is 13.6 Å². The maximum atomic E-state index is 13.7. The van der Waals surface area contributed by atoms with E-state index in [1.165, 1.54) is 4.90 Å². The molecule has 116 valence electrons. The zero-order valence-corrected chi connectivity index (χ0v) is 12.0. The summed E-state index contributed by atoms with van der Waals surface area (Å²) in [4.78, 5) is 13.4. The molecule has 2 N–H and O–H groups in total. The Morgan fingerprint density at radius 2 is 2.10 bits per heavy atom. The van der Waals surface area contributed by atoms with Gasteiger partial charge in [0.2, 0.25) is 0 Å². The van der Waals surface area contributed by atoms with Gasteiger partial charge in [0.05, 0.1) is 5.92 Å². The molecular weight excluding hydrogens is 278 g/mol. The number of carbonyl (C=O) groups excluding carboxylic acids is 1. The van der Waals surface area contributed by atoms with Crippen molar-refractivity contribution in [2.24, 2.45) is 11.7 Å². The van der Waals surface area contributed by atoms with E-state index >= 15 is 0 Å². The van der Waals surface area contributed by atoms with Crippen molar-refractivity contribution in [3.05, 3.63) is 35.9 Å². The Bertz CT molecular complexity index is 482. The Balaban J connectivity index is 1.95. The quantitative estimate of drug-likeness (QED) is 0.933. The second-order valence-corrected chi connectivity index (χ2v) is 5.44. The van der Waals surface area contributed by atoms with Gasteiger partial charge in [0.25, 0.3) is 5.92 Å². The minimum absolute atomic E-state index is 0.0711. The summed E-state index contributed by atoms with van der Waals surface area (Å²) in [6.45, 7) is 1.51. The van der Waals surface area contributed by atoms with Gasteiger partial charge < -0.3 is 15.4 Å². The van der Waals surface area contributed by atoms with Crippen molar-refractivity contribution in [1.29, 1.82) is 0 Å².